The van der Waals surface area contributed by atoms with Crippen molar-refractivity contribution in [3.63, 3.8) is 0 Å². The van der Waals surface area contributed by atoms with Crippen molar-refractivity contribution in [2.75, 3.05) is 30.9 Å². The molecule has 0 aliphatic carbocycles. The Morgan fingerprint density at radius 2 is 1.75 bits per heavy atom. The van der Waals surface area contributed by atoms with Gasteiger partial charge in [0.2, 0.25) is 11.8 Å². The minimum atomic E-state index is -0.188. The third-order valence-corrected chi connectivity index (χ3v) is 5.32. The van der Waals surface area contributed by atoms with Crippen molar-refractivity contribution in [3.8, 4) is 11.5 Å². The summed E-state index contributed by atoms with van der Waals surface area (Å²) in [4.78, 5) is 26.3. The molecule has 1 atom stereocenters. The van der Waals surface area contributed by atoms with Gasteiger partial charge in [-0.15, -0.1) is 0 Å². The van der Waals surface area contributed by atoms with Crippen LogP contribution in [0.15, 0.2) is 42.5 Å². The van der Waals surface area contributed by atoms with E-state index in [-0.39, 0.29) is 17.9 Å². The Labute approximate surface area is 190 Å². The van der Waals surface area contributed by atoms with Crippen molar-refractivity contribution in [3.05, 3.63) is 48.0 Å². The smallest absolute Gasteiger partial charge is 0.241 e. The van der Waals surface area contributed by atoms with E-state index < -0.39 is 0 Å². The van der Waals surface area contributed by atoms with Crippen molar-refractivity contribution in [1.82, 2.24) is 4.90 Å². The number of likely N-dealkylation sites (tertiary alicyclic amines) is 1. The highest BCUT2D eigenvalue weighted by Gasteiger charge is 2.30. The average Bonchev–Trinajstić information content (AvgIpc) is 3.21. The summed E-state index contributed by atoms with van der Waals surface area (Å²) in [5, 5.41) is 5.73. The topological polar surface area (TPSA) is 79.9 Å². The standard InChI is InChI=1S/C25H33N3O4/c1-17(2)16-32-24-14-19(7-12-23(24)31-4)15-28-13-5-6-22(28)25(30)27-21-10-8-20(9-11-21)26-18(3)29/h7-12,14,17,22H,5-6,13,15-16H2,1-4H3,(H,26,29)(H,27,30)/t22-/m0/s1. The molecule has 3 rings (SSSR count). The highest BCUT2D eigenvalue weighted by atomic mass is 16.5. The predicted octanol–water partition coefficient (Wildman–Crippen LogP) is 4.29. The largest absolute Gasteiger partial charge is 0.493 e. The van der Waals surface area contributed by atoms with Gasteiger partial charge >= 0.3 is 0 Å². The first-order valence-electron chi connectivity index (χ1n) is 11.1. The minimum absolute atomic E-state index is 0.0143. The molecule has 2 aromatic rings. The Morgan fingerprint density at radius 1 is 1.06 bits per heavy atom. The maximum atomic E-state index is 13.0. The molecule has 0 radical (unpaired) electrons. The molecule has 0 aromatic heterocycles. The lowest BCUT2D eigenvalue weighted by Gasteiger charge is -2.24. The van der Waals surface area contributed by atoms with Gasteiger partial charge in [-0.3, -0.25) is 14.5 Å². The van der Waals surface area contributed by atoms with Crippen molar-refractivity contribution in [2.24, 2.45) is 5.92 Å². The summed E-state index contributed by atoms with van der Waals surface area (Å²) < 4.78 is 11.4. The first-order chi connectivity index (χ1) is 15.4. The summed E-state index contributed by atoms with van der Waals surface area (Å²) >= 11 is 0. The molecule has 172 valence electrons. The van der Waals surface area contributed by atoms with Crippen LogP contribution in [0, 0.1) is 5.92 Å². The van der Waals surface area contributed by atoms with Gasteiger partial charge in [0.05, 0.1) is 19.8 Å². The molecule has 1 fully saturated rings. The van der Waals surface area contributed by atoms with E-state index in [1.165, 1.54) is 6.92 Å². The lowest BCUT2D eigenvalue weighted by molar-refractivity contribution is -0.120. The molecular weight excluding hydrogens is 406 g/mol. The second-order valence-corrected chi connectivity index (χ2v) is 8.57. The summed E-state index contributed by atoms with van der Waals surface area (Å²) in [6.07, 6.45) is 1.80. The fourth-order valence-electron chi connectivity index (χ4n) is 3.80. The van der Waals surface area contributed by atoms with Crippen LogP contribution in [-0.2, 0) is 16.1 Å². The summed E-state index contributed by atoms with van der Waals surface area (Å²) in [6, 6.07) is 12.9. The van der Waals surface area contributed by atoms with E-state index in [9.17, 15) is 9.59 Å². The Kier molecular flexibility index (Phi) is 8.11. The van der Waals surface area contributed by atoms with Crippen LogP contribution >= 0.6 is 0 Å². The Bertz CT molecular complexity index is 927. The van der Waals surface area contributed by atoms with E-state index in [1.807, 2.05) is 18.2 Å². The number of nitrogens with one attached hydrogen (secondary N) is 2. The van der Waals surface area contributed by atoms with Gasteiger partial charge in [-0.1, -0.05) is 19.9 Å². The molecule has 7 heteroatoms. The van der Waals surface area contributed by atoms with Gasteiger partial charge in [-0.25, -0.2) is 0 Å². The van der Waals surface area contributed by atoms with Crippen LogP contribution in [0.1, 0.15) is 39.2 Å². The zero-order valence-electron chi connectivity index (χ0n) is 19.3. The third-order valence-electron chi connectivity index (χ3n) is 5.32. The molecule has 32 heavy (non-hydrogen) atoms. The quantitative estimate of drug-likeness (QED) is 0.609. The molecule has 2 amide bonds. The lowest BCUT2D eigenvalue weighted by Crippen LogP contribution is -2.39. The van der Waals surface area contributed by atoms with Crippen LogP contribution in [0.25, 0.3) is 0 Å². The fraction of sp³-hybridized carbons (Fsp3) is 0.440. The van der Waals surface area contributed by atoms with Gasteiger partial charge in [0, 0.05) is 24.8 Å². The zero-order chi connectivity index (χ0) is 23.1. The van der Waals surface area contributed by atoms with E-state index in [4.69, 9.17) is 9.47 Å². The van der Waals surface area contributed by atoms with E-state index in [2.05, 4.69) is 29.4 Å². The normalized spacial score (nSPS) is 16.1. The number of nitrogens with zero attached hydrogens (tertiary/aromatic N) is 1. The number of rotatable bonds is 9. The summed E-state index contributed by atoms with van der Waals surface area (Å²) in [5.41, 5.74) is 2.50. The molecular formula is C25H33N3O4. The van der Waals surface area contributed by atoms with Crippen LogP contribution in [0.3, 0.4) is 0 Å². The number of carbonyl (C=O) groups excluding carboxylic acids is 2. The first-order valence-corrected chi connectivity index (χ1v) is 11.1. The van der Waals surface area contributed by atoms with Gasteiger partial charge in [0.1, 0.15) is 0 Å². The number of methoxy groups -OCH3 is 1. The van der Waals surface area contributed by atoms with Gasteiger partial charge in [0.25, 0.3) is 0 Å². The number of benzene rings is 2. The maximum absolute atomic E-state index is 13.0. The van der Waals surface area contributed by atoms with Crippen molar-refractivity contribution in [2.45, 2.75) is 46.2 Å². The summed E-state index contributed by atoms with van der Waals surface area (Å²) in [5.74, 6) is 1.73. The van der Waals surface area contributed by atoms with Crippen LogP contribution in [0.2, 0.25) is 0 Å². The molecule has 2 aromatic carbocycles. The molecule has 0 saturated carbocycles. The number of amides is 2. The van der Waals surface area contributed by atoms with Crippen molar-refractivity contribution < 1.29 is 19.1 Å². The van der Waals surface area contributed by atoms with E-state index in [1.54, 1.807) is 31.4 Å². The molecule has 0 spiro atoms. The number of ether oxygens (including phenoxy) is 2. The first kappa shape index (κ1) is 23.6. The molecule has 1 heterocycles. The van der Waals surface area contributed by atoms with Gasteiger partial charge in [-0.05, 0) is 67.3 Å². The van der Waals surface area contributed by atoms with Crippen LogP contribution in [-0.4, -0.2) is 43.0 Å². The van der Waals surface area contributed by atoms with E-state index in [0.29, 0.717) is 36.2 Å². The number of carbonyl (C=O) groups is 2. The second-order valence-electron chi connectivity index (χ2n) is 8.57. The molecule has 0 unspecified atom stereocenters. The second kappa shape index (κ2) is 11.0. The minimum Gasteiger partial charge on any atom is -0.493 e. The van der Waals surface area contributed by atoms with Gasteiger partial charge in [0.15, 0.2) is 11.5 Å². The summed E-state index contributed by atoms with van der Waals surface area (Å²) in [7, 11) is 1.64. The van der Waals surface area contributed by atoms with Crippen LogP contribution in [0.5, 0.6) is 11.5 Å². The van der Waals surface area contributed by atoms with Gasteiger partial charge in [-0.2, -0.15) is 0 Å². The Hall–Kier alpha value is -3.06. The lowest BCUT2D eigenvalue weighted by atomic mass is 10.1. The van der Waals surface area contributed by atoms with E-state index in [0.717, 1.165) is 30.7 Å². The monoisotopic (exact) mass is 439 g/mol. The average molecular weight is 440 g/mol. The summed E-state index contributed by atoms with van der Waals surface area (Å²) in [6.45, 7) is 7.84. The van der Waals surface area contributed by atoms with Gasteiger partial charge < -0.3 is 20.1 Å². The van der Waals surface area contributed by atoms with Crippen molar-refractivity contribution in [1.29, 1.82) is 0 Å². The SMILES string of the molecule is COc1ccc(CN2CCC[C@H]2C(=O)Nc2ccc(NC(C)=O)cc2)cc1OCC(C)C. The fourth-order valence-corrected chi connectivity index (χ4v) is 3.80. The molecule has 1 saturated heterocycles. The Morgan fingerprint density at radius 3 is 2.38 bits per heavy atom. The highest BCUT2D eigenvalue weighted by molar-refractivity contribution is 5.95. The molecule has 1 aliphatic rings. The predicted molar refractivity (Wildman–Crippen MR) is 126 cm³/mol. The number of hydrogen-bond acceptors (Lipinski definition) is 5. The Balaban J connectivity index is 1.64. The van der Waals surface area contributed by atoms with E-state index >= 15 is 0 Å². The molecule has 7 nitrogen and oxygen atoms in total. The van der Waals surface area contributed by atoms with Crippen LogP contribution < -0.4 is 20.1 Å². The number of anilines is 2. The highest BCUT2D eigenvalue weighted by Crippen LogP contribution is 2.30. The third kappa shape index (κ3) is 6.47. The zero-order valence-corrected chi connectivity index (χ0v) is 19.3. The number of hydrogen-bond donors (Lipinski definition) is 2. The van der Waals surface area contributed by atoms with Crippen LogP contribution in [0.4, 0.5) is 11.4 Å². The van der Waals surface area contributed by atoms with Crippen molar-refractivity contribution >= 4 is 23.2 Å². The molecule has 0 bridgehead atoms. The molecule has 1 aliphatic heterocycles. The maximum Gasteiger partial charge on any atom is 0.241 e. The molecule has 2 N–H and O–H groups in total.